The minimum atomic E-state index is -3.04. The number of nitrogens with two attached hydrogens (primary N) is 1. The van der Waals surface area contributed by atoms with Crippen molar-refractivity contribution in [2.24, 2.45) is 11.1 Å². The van der Waals surface area contributed by atoms with Gasteiger partial charge in [-0.2, -0.15) is 13.9 Å². The molecule has 4 heterocycles. The van der Waals surface area contributed by atoms with Crippen molar-refractivity contribution < 1.29 is 23.0 Å². The van der Waals surface area contributed by atoms with Crippen LogP contribution in [0.3, 0.4) is 0 Å². The largest absolute Gasteiger partial charge is 0.490 e. The van der Waals surface area contributed by atoms with Gasteiger partial charge in [-0.15, -0.1) is 0 Å². The fraction of sp³-hybridized carbons (Fsp3) is 0.292. The lowest BCUT2D eigenvalue weighted by atomic mass is 9.94. The second-order valence-electron chi connectivity index (χ2n) is 8.82. The molecule has 0 aliphatic heterocycles. The zero-order valence-electron chi connectivity index (χ0n) is 20.1. The van der Waals surface area contributed by atoms with Crippen LogP contribution in [0.5, 0.6) is 11.6 Å². The number of aromatic nitrogens is 5. The Morgan fingerprint density at radius 3 is 2.64 bits per heavy atom. The number of nitrogens with one attached hydrogen (secondary N) is 1. The third-order valence-corrected chi connectivity index (χ3v) is 5.30. The van der Waals surface area contributed by atoms with Crippen LogP contribution < -0.4 is 20.5 Å². The van der Waals surface area contributed by atoms with E-state index in [1.54, 1.807) is 43.6 Å². The molecule has 0 spiro atoms. The molecule has 0 aliphatic rings. The fourth-order valence-electron chi connectivity index (χ4n) is 3.38. The van der Waals surface area contributed by atoms with Gasteiger partial charge in [-0.1, -0.05) is 0 Å². The predicted octanol–water partition coefficient (Wildman–Crippen LogP) is 4.04. The van der Waals surface area contributed by atoms with Gasteiger partial charge in [0.05, 0.1) is 17.1 Å². The molecular formula is C24H25F2N7O3. The van der Waals surface area contributed by atoms with E-state index in [1.165, 1.54) is 12.3 Å². The van der Waals surface area contributed by atoms with Crippen molar-refractivity contribution in [2.45, 2.75) is 34.3 Å². The number of fused-ring (bicyclic) bond motifs is 1. The molecular weight excluding hydrogens is 472 g/mol. The predicted molar refractivity (Wildman–Crippen MR) is 128 cm³/mol. The first-order chi connectivity index (χ1) is 17.0. The average Bonchev–Trinajstić information content (AvgIpc) is 3.18. The zero-order valence-corrected chi connectivity index (χ0v) is 20.1. The summed E-state index contributed by atoms with van der Waals surface area (Å²) in [7, 11) is 0. The van der Waals surface area contributed by atoms with Gasteiger partial charge in [0.25, 0.3) is 0 Å². The number of aryl methyl sites for hydroxylation is 2. The Kier molecular flexibility index (Phi) is 6.69. The molecule has 0 fully saturated rings. The van der Waals surface area contributed by atoms with Crippen LogP contribution in [0.4, 0.5) is 20.4 Å². The van der Waals surface area contributed by atoms with E-state index in [0.717, 1.165) is 5.69 Å². The molecule has 0 saturated carbocycles. The minimum Gasteiger partial charge on any atom is -0.490 e. The minimum absolute atomic E-state index is 0.0349. The summed E-state index contributed by atoms with van der Waals surface area (Å²) in [6.45, 7) is 3.90. The van der Waals surface area contributed by atoms with Gasteiger partial charge in [-0.25, -0.2) is 19.5 Å². The number of pyridine rings is 2. The summed E-state index contributed by atoms with van der Waals surface area (Å²) in [4.78, 5) is 24.2. The van der Waals surface area contributed by atoms with E-state index in [-0.39, 0.29) is 18.2 Å². The molecule has 0 unspecified atom stereocenters. The number of rotatable bonds is 9. The topological polar surface area (TPSA) is 130 Å². The molecule has 4 aromatic rings. The SMILES string of the molecule is Cc1cc(Nc2cc3cc(-c4cc(OC(F)F)ncc4OCC(C)(C)C(N)=O)ccn3n2)nc(C)n1. The normalized spacial score (nSPS) is 11.6. The Hall–Kier alpha value is -4.35. The molecule has 4 rings (SSSR count). The first kappa shape index (κ1) is 24.8. The van der Waals surface area contributed by atoms with Crippen molar-refractivity contribution in [1.29, 1.82) is 0 Å². The molecule has 10 nitrogen and oxygen atoms in total. The smallest absolute Gasteiger partial charge is 0.388 e. The fourth-order valence-corrected chi connectivity index (χ4v) is 3.38. The van der Waals surface area contributed by atoms with Crippen molar-refractivity contribution in [3.05, 3.63) is 54.2 Å². The van der Waals surface area contributed by atoms with Crippen LogP contribution in [-0.4, -0.2) is 43.7 Å². The average molecular weight is 498 g/mol. The van der Waals surface area contributed by atoms with Crippen LogP contribution >= 0.6 is 0 Å². The Bertz CT molecular complexity index is 1400. The van der Waals surface area contributed by atoms with Gasteiger partial charge < -0.3 is 20.5 Å². The number of hydrogen-bond donors (Lipinski definition) is 2. The standard InChI is InChI=1S/C24H25F2N7O3/c1-13-7-19(30-14(2)29-13)31-20-9-16-8-15(5-6-33(16)32-20)17-10-21(36-23(25)26)28-11-18(17)35-12-24(3,4)22(27)34/h5-11,23H,12H2,1-4H3,(H2,27,34)(H,29,30,31,32). The number of halogens is 2. The highest BCUT2D eigenvalue weighted by Crippen LogP contribution is 2.34. The van der Waals surface area contributed by atoms with Crippen LogP contribution in [0, 0.1) is 19.3 Å². The maximum Gasteiger partial charge on any atom is 0.388 e. The molecule has 1 amide bonds. The zero-order chi connectivity index (χ0) is 26.0. The maximum atomic E-state index is 12.8. The maximum absolute atomic E-state index is 12.8. The van der Waals surface area contributed by atoms with Crippen molar-refractivity contribution in [2.75, 3.05) is 11.9 Å². The van der Waals surface area contributed by atoms with E-state index in [0.29, 0.717) is 34.1 Å². The van der Waals surface area contributed by atoms with Crippen molar-refractivity contribution in [3.8, 4) is 22.8 Å². The molecule has 12 heteroatoms. The van der Waals surface area contributed by atoms with Gasteiger partial charge in [0.1, 0.15) is 24.0 Å². The number of nitrogens with zero attached hydrogens (tertiary/aromatic N) is 5. The Labute approximate surface area is 205 Å². The second-order valence-corrected chi connectivity index (χ2v) is 8.82. The first-order valence-corrected chi connectivity index (χ1v) is 11.0. The molecule has 0 aromatic carbocycles. The monoisotopic (exact) mass is 497 g/mol. The van der Waals surface area contributed by atoms with Crippen LogP contribution in [0.1, 0.15) is 25.4 Å². The lowest BCUT2D eigenvalue weighted by Crippen LogP contribution is -2.36. The van der Waals surface area contributed by atoms with E-state index in [9.17, 15) is 13.6 Å². The number of alkyl halides is 2. The van der Waals surface area contributed by atoms with Gasteiger partial charge in [-0.05, 0) is 45.4 Å². The number of primary amides is 1. The van der Waals surface area contributed by atoms with Gasteiger partial charge in [0.2, 0.25) is 11.8 Å². The second kappa shape index (κ2) is 9.72. The van der Waals surface area contributed by atoms with Gasteiger partial charge in [0.15, 0.2) is 5.82 Å². The molecule has 0 aliphatic carbocycles. The Morgan fingerprint density at radius 1 is 1.17 bits per heavy atom. The summed E-state index contributed by atoms with van der Waals surface area (Å²) in [5.74, 6) is 1.27. The lowest BCUT2D eigenvalue weighted by Gasteiger charge is -2.22. The number of amides is 1. The third kappa shape index (κ3) is 5.65. The molecule has 0 radical (unpaired) electrons. The summed E-state index contributed by atoms with van der Waals surface area (Å²) < 4.78 is 37.6. The van der Waals surface area contributed by atoms with E-state index in [1.807, 2.05) is 19.1 Å². The molecule has 188 valence electrons. The summed E-state index contributed by atoms with van der Waals surface area (Å²) in [6, 6.07) is 8.52. The number of anilines is 2. The molecule has 0 saturated heterocycles. The molecule has 0 atom stereocenters. The van der Waals surface area contributed by atoms with Gasteiger partial charge in [0, 0.05) is 35.7 Å². The first-order valence-electron chi connectivity index (χ1n) is 11.0. The van der Waals surface area contributed by atoms with Crippen LogP contribution in [0.2, 0.25) is 0 Å². The third-order valence-electron chi connectivity index (χ3n) is 5.30. The van der Waals surface area contributed by atoms with E-state index in [2.05, 4.69) is 30.1 Å². The van der Waals surface area contributed by atoms with E-state index < -0.39 is 17.9 Å². The van der Waals surface area contributed by atoms with E-state index in [4.69, 9.17) is 10.5 Å². The van der Waals surface area contributed by atoms with Gasteiger partial charge in [-0.3, -0.25) is 4.79 Å². The highest BCUT2D eigenvalue weighted by atomic mass is 19.3. The quantitative estimate of drug-likeness (QED) is 0.354. The molecule has 4 aromatic heterocycles. The van der Waals surface area contributed by atoms with Crippen molar-refractivity contribution in [1.82, 2.24) is 24.6 Å². The molecule has 0 bridgehead atoms. The molecule has 36 heavy (non-hydrogen) atoms. The van der Waals surface area contributed by atoms with Crippen LogP contribution in [-0.2, 0) is 4.79 Å². The van der Waals surface area contributed by atoms with Crippen LogP contribution in [0.15, 0.2) is 42.7 Å². The Balaban J connectivity index is 1.68. The summed E-state index contributed by atoms with van der Waals surface area (Å²) in [5.41, 5.74) is 7.10. The highest BCUT2D eigenvalue weighted by molar-refractivity contribution is 5.80. The highest BCUT2D eigenvalue weighted by Gasteiger charge is 2.27. The summed E-state index contributed by atoms with van der Waals surface area (Å²) >= 11 is 0. The molecule has 3 N–H and O–H groups in total. The van der Waals surface area contributed by atoms with Crippen LogP contribution in [0.25, 0.3) is 16.6 Å². The lowest BCUT2D eigenvalue weighted by molar-refractivity contribution is -0.127. The summed E-state index contributed by atoms with van der Waals surface area (Å²) in [6.07, 6.45) is 3.00. The summed E-state index contributed by atoms with van der Waals surface area (Å²) in [5, 5.41) is 7.65. The van der Waals surface area contributed by atoms with Crippen molar-refractivity contribution in [3.63, 3.8) is 0 Å². The van der Waals surface area contributed by atoms with Crippen molar-refractivity contribution >= 4 is 23.1 Å². The van der Waals surface area contributed by atoms with E-state index >= 15 is 0 Å². The number of carbonyl (C=O) groups is 1. The number of hydrogen-bond acceptors (Lipinski definition) is 8. The van der Waals surface area contributed by atoms with Gasteiger partial charge >= 0.3 is 6.61 Å². The number of carbonyl (C=O) groups excluding carboxylic acids is 1. The Morgan fingerprint density at radius 2 is 1.94 bits per heavy atom. The number of ether oxygens (including phenoxy) is 2.